The molecule has 0 radical (unpaired) electrons. The minimum atomic E-state index is 0.748. The largest absolute Gasteiger partial charge is 0.356 e. The van der Waals surface area contributed by atoms with Gasteiger partial charge in [-0.15, -0.1) is 0 Å². The first kappa shape index (κ1) is 12.1. The van der Waals surface area contributed by atoms with Crippen LogP contribution in [-0.2, 0) is 0 Å². The normalized spacial score (nSPS) is 16.7. The van der Waals surface area contributed by atoms with Crippen LogP contribution in [0.1, 0.15) is 38.2 Å². The zero-order chi connectivity index (χ0) is 12.1. The Balaban J connectivity index is 2.19. The van der Waals surface area contributed by atoms with Gasteiger partial charge in [0.15, 0.2) is 0 Å². The monoisotopic (exact) mass is 234 g/mol. The molecule has 1 aliphatic rings. The molecule has 0 aliphatic carbocycles. The highest BCUT2D eigenvalue weighted by atomic mass is 15.2. The lowest BCUT2D eigenvalue weighted by Gasteiger charge is -2.23. The quantitative estimate of drug-likeness (QED) is 0.872. The van der Waals surface area contributed by atoms with Crippen LogP contribution >= 0.6 is 0 Å². The summed E-state index contributed by atoms with van der Waals surface area (Å²) in [4.78, 5) is 11.3. The van der Waals surface area contributed by atoms with E-state index in [1.54, 1.807) is 0 Å². The van der Waals surface area contributed by atoms with Crippen LogP contribution in [0.5, 0.6) is 0 Å². The van der Waals surface area contributed by atoms with Crippen molar-refractivity contribution in [1.29, 1.82) is 0 Å². The van der Waals surface area contributed by atoms with Crippen molar-refractivity contribution in [3.63, 3.8) is 0 Å². The molecule has 1 fully saturated rings. The van der Waals surface area contributed by atoms with Gasteiger partial charge < -0.3 is 10.2 Å². The number of anilines is 2. The number of rotatable bonds is 3. The Labute approximate surface area is 103 Å². The van der Waals surface area contributed by atoms with Crippen LogP contribution in [0, 0.1) is 6.92 Å². The van der Waals surface area contributed by atoms with E-state index in [0.717, 1.165) is 31.4 Å². The Morgan fingerprint density at radius 3 is 2.59 bits per heavy atom. The molecule has 0 aromatic carbocycles. The van der Waals surface area contributed by atoms with Crippen LogP contribution in [0.2, 0.25) is 0 Å². The Hall–Kier alpha value is -1.32. The highest BCUT2D eigenvalue weighted by molar-refractivity contribution is 5.49. The van der Waals surface area contributed by atoms with Crippen molar-refractivity contribution in [3.8, 4) is 0 Å². The van der Waals surface area contributed by atoms with Gasteiger partial charge >= 0.3 is 0 Å². The molecule has 0 bridgehead atoms. The fourth-order valence-corrected chi connectivity index (χ4v) is 2.28. The second-order valence-corrected chi connectivity index (χ2v) is 4.63. The Morgan fingerprint density at radius 1 is 1.24 bits per heavy atom. The summed E-state index contributed by atoms with van der Waals surface area (Å²) in [7, 11) is 0. The maximum atomic E-state index is 4.63. The molecule has 1 aliphatic heterocycles. The SMILES string of the molecule is CCNc1ncc(C)c(N2CCCCCC2)n1. The van der Waals surface area contributed by atoms with Gasteiger partial charge in [-0.05, 0) is 26.7 Å². The Kier molecular flexibility index (Phi) is 4.18. The van der Waals surface area contributed by atoms with Gasteiger partial charge in [-0.3, -0.25) is 0 Å². The second kappa shape index (κ2) is 5.84. The minimum Gasteiger partial charge on any atom is -0.356 e. The van der Waals surface area contributed by atoms with Crippen molar-refractivity contribution >= 4 is 11.8 Å². The first-order chi connectivity index (χ1) is 8.31. The Morgan fingerprint density at radius 2 is 1.94 bits per heavy atom. The Bertz CT molecular complexity index is 356. The molecule has 1 aromatic rings. The molecular formula is C13H22N4. The number of hydrogen-bond donors (Lipinski definition) is 1. The first-order valence-electron chi connectivity index (χ1n) is 6.63. The van der Waals surface area contributed by atoms with E-state index in [4.69, 9.17) is 0 Å². The molecule has 1 saturated heterocycles. The van der Waals surface area contributed by atoms with Gasteiger partial charge in [-0.25, -0.2) is 4.98 Å². The van der Waals surface area contributed by atoms with Crippen LogP contribution < -0.4 is 10.2 Å². The summed E-state index contributed by atoms with van der Waals surface area (Å²) in [5.41, 5.74) is 1.17. The van der Waals surface area contributed by atoms with Crippen molar-refractivity contribution in [2.75, 3.05) is 29.9 Å². The summed E-state index contributed by atoms with van der Waals surface area (Å²) in [6.07, 6.45) is 7.17. The van der Waals surface area contributed by atoms with E-state index in [1.807, 2.05) is 6.20 Å². The van der Waals surface area contributed by atoms with E-state index in [-0.39, 0.29) is 0 Å². The van der Waals surface area contributed by atoms with Gasteiger partial charge in [0.2, 0.25) is 5.95 Å². The molecule has 0 amide bonds. The lowest BCUT2D eigenvalue weighted by molar-refractivity contribution is 0.726. The number of nitrogens with zero attached hydrogens (tertiary/aromatic N) is 3. The molecule has 4 nitrogen and oxygen atoms in total. The number of aromatic nitrogens is 2. The lowest BCUT2D eigenvalue weighted by atomic mass is 10.2. The molecule has 17 heavy (non-hydrogen) atoms. The number of nitrogens with one attached hydrogen (secondary N) is 1. The summed E-state index contributed by atoms with van der Waals surface area (Å²) < 4.78 is 0. The molecule has 94 valence electrons. The fourth-order valence-electron chi connectivity index (χ4n) is 2.28. The van der Waals surface area contributed by atoms with Gasteiger partial charge in [-0.1, -0.05) is 12.8 Å². The van der Waals surface area contributed by atoms with E-state index in [0.29, 0.717) is 0 Å². The van der Waals surface area contributed by atoms with Crippen LogP contribution in [0.15, 0.2) is 6.20 Å². The van der Waals surface area contributed by atoms with Gasteiger partial charge in [0.25, 0.3) is 0 Å². The zero-order valence-corrected chi connectivity index (χ0v) is 10.9. The summed E-state index contributed by atoms with van der Waals surface area (Å²) in [5, 5.41) is 3.18. The molecule has 0 unspecified atom stereocenters. The molecule has 4 heteroatoms. The van der Waals surface area contributed by atoms with Crippen molar-refractivity contribution in [3.05, 3.63) is 11.8 Å². The van der Waals surface area contributed by atoms with E-state index < -0.39 is 0 Å². The summed E-state index contributed by atoms with van der Waals surface area (Å²) in [6.45, 7) is 7.28. The molecule has 0 spiro atoms. The number of aryl methyl sites for hydroxylation is 1. The van der Waals surface area contributed by atoms with E-state index in [9.17, 15) is 0 Å². The van der Waals surface area contributed by atoms with Crippen molar-refractivity contribution < 1.29 is 0 Å². The van der Waals surface area contributed by atoms with E-state index in [2.05, 4.69) is 34.0 Å². The standard InChI is InChI=1S/C13H22N4/c1-3-14-13-15-10-11(2)12(16-13)17-8-6-4-5-7-9-17/h10H,3-9H2,1-2H3,(H,14,15,16). The van der Waals surface area contributed by atoms with E-state index in [1.165, 1.54) is 31.2 Å². The van der Waals surface area contributed by atoms with Crippen LogP contribution in [0.4, 0.5) is 11.8 Å². The second-order valence-electron chi connectivity index (χ2n) is 4.63. The number of hydrogen-bond acceptors (Lipinski definition) is 4. The smallest absolute Gasteiger partial charge is 0.224 e. The predicted molar refractivity (Wildman–Crippen MR) is 71.6 cm³/mol. The highest BCUT2D eigenvalue weighted by Gasteiger charge is 2.14. The predicted octanol–water partition coefficient (Wildman–Crippen LogP) is 2.60. The molecule has 1 aromatic heterocycles. The van der Waals surface area contributed by atoms with Crippen molar-refractivity contribution in [1.82, 2.24) is 9.97 Å². The summed E-state index contributed by atoms with van der Waals surface area (Å²) in [6, 6.07) is 0. The third kappa shape index (κ3) is 3.08. The van der Waals surface area contributed by atoms with Crippen LogP contribution in [-0.4, -0.2) is 29.6 Å². The minimum absolute atomic E-state index is 0.748. The first-order valence-corrected chi connectivity index (χ1v) is 6.63. The molecule has 0 atom stereocenters. The van der Waals surface area contributed by atoms with Crippen molar-refractivity contribution in [2.45, 2.75) is 39.5 Å². The van der Waals surface area contributed by atoms with E-state index >= 15 is 0 Å². The summed E-state index contributed by atoms with van der Waals surface area (Å²) >= 11 is 0. The lowest BCUT2D eigenvalue weighted by Crippen LogP contribution is -2.26. The third-order valence-electron chi connectivity index (χ3n) is 3.19. The van der Waals surface area contributed by atoms with Gasteiger partial charge in [0.1, 0.15) is 5.82 Å². The van der Waals surface area contributed by atoms with Crippen LogP contribution in [0.3, 0.4) is 0 Å². The van der Waals surface area contributed by atoms with Gasteiger partial charge in [0.05, 0.1) is 0 Å². The zero-order valence-electron chi connectivity index (χ0n) is 10.9. The van der Waals surface area contributed by atoms with Crippen LogP contribution in [0.25, 0.3) is 0 Å². The van der Waals surface area contributed by atoms with Gasteiger partial charge in [0, 0.05) is 31.4 Å². The maximum absolute atomic E-state index is 4.63. The highest BCUT2D eigenvalue weighted by Crippen LogP contribution is 2.21. The molecule has 0 saturated carbocycles. The third-order valence-corrected chi connectivity index (χ3v) is 3.19. The molecular weight excluding hydrogens is 212 g/mol. The average Bonchev–Trinajstić information content (AvgIpc) is 2.60. The average molecular weight is 234 g/mol. The molecule has 1 N–H and O–H groups in total. The summed E-state index contributed by atoms with van der Waals surface area (Å²) in [5.74, 6) is 1.86. The van der Waals surface area contributed by atoms with Gasteiger partial charge in [-0.2, -0.15) is 4.98 Å². The maximum Gasteiger partial charge on any atom is 0.224 e. The van der Waals surface area contributed by atoms with Crippen molar-refractivity contribution in [2.24, 2.45) is 0 Å². The fraction of sp³-hybridized carbons (Fsp3) is 0.692. The molecule has 2 heterocycles. The topological polar surface area (TPSA) is 41.1 Å². The molecule has 2 rings (SSSR count).